The molecule has 0 aliphatic rings. The Morgan fingerprint density at radius 2 is 1.25 bits per heavy atom. The molecule has 2 aromatic carbocycles. The van der Waals surface area contributed by atoms with Gasteiger partial charge in [-0.2, -0.15) is 0 Å². The van der Waals surface area contributed by atoms with Crippen molar-refractivity contribution in [3.8, 4) is 0 Å². The lowest BCUT2D eigenvalue weighted by molar-refractivity contribution is -0.107. The molecule has 0 saturated carbocycles. The Balaban J connectivity index is 0.000000240. The molecule has 0 unspecified atom stereocenters. The second-order valence-electron chi connectivity index (χ2n) is 5.06. The van der Waals surface area contributed by atoms with E-state index in [0.717, 1.165) is 37.1 Å². The Morgan fingerprint density at radius 3 is 1.71 bits per heavy atom. The number of thioether (sulfide) groups is 2. The number of rotatable bonds is 10. The molecule has 0 atom stereocenters. The first-order valence-electron chi connectivity index (χ1n) is 8.27. The predicted octanol–water partition coefficient (Wildman–Crippen LogP) is 5.31. The standard InChI is InChI=1S/C10H14OS.C10H12OS/c2*11-8-4-5-9-12-10-6-2-1-3-7-10/h1-3,6-7,11H,4-5,8-9H2;1-3,6-8H,4-5,9H2. The molecule has 0 fully saturated rings. The van der Waals surface area contributed by atoms with E-state index in [2.05, 4.69) is 24.3 Å². The van der Waals surface area contributed by atoms with Crippen LogP contribution in [0.3, 0.4) is 0 Å². The highest BCUT2D eigenvalue weighted by Crippen LogP contribution is 2.18. The lowest BCUT2D eigenvalue weighted by Gasteiger charge is -1.99. The van der Waals surface area contributed by atoms with Gasteiger partial charge in [-0.15, -0.1) is 23.5 Å². The molecule has 2 nitrogen and oxygen atoms in total. The summed E-state index contributed by atoms with van der Waals surface area (Å²) in [5.41, 5.74) is 0. The summed E-state index contributed by atoms with van der Waals surface area (Å²) in [6.45, 7) is 0.315. The van der Waals surface area contributed by atoms with Gasteiger partial charge in [-0.25, -0.2) is 0 Å². The highest BCUT2D eigenvalue weighted by Gasteiger charge is 1.92. The number of aliphatic hydroxyl groups is 1. The van der Waals surface area contributed by atoms with E-state index in [1.165, 1.54) is 9.79 Å². The first-order valence-corrected chi connectivity index (χ1v) is 10.2. The van der Waals surface area contributed by atoms with E-state index in [-0.39, 0.29) is 0 Å². The van der Waals surface area contributed by atoms with E-state index < -0.39 is 0 Å². The van der Waals surface area contributed by atoms with Gasteiger partial charge in [0.2, 0.25) is 0 Å². The Kier molecular flexibility index (Phi) is 13.3. The third-order valence-corrected chi connectivity index (χ3v) is 5.24. The smallest absolute Gasteiger partial charge is 0.120 e. The Bertz CT molecular complexity index is 518. The minimum absolute atomic E-state index is 0.315. The zero-order valence-electron chi connectivity index (χ0n) is 14.0. The number of hydrogen-bond acceptors (Lipinski definition) is 4. The van der Waals surface area contributed by atoms with E-state index in [0.29, 0.717) is 13.0 Å². The van der Waals surface area contributed by atoms with Crippen LogP contribution in [0, 0.1) is 0 Å². The monoisotopic (exact) mass is 362 g/mol. The highest BCUT2D eigenvalue weighted by molar-refractivity contribution is 7.99. The van der Waals surface area contributed by atoms with Gasteiger partial charge in [0.1, 0.15) is 6.29 Å². The maximum Gasteiger partial charge on any atom is 0.120 e. The van der Waals surface area contributed by atoms with Crippen molar-refractivity contribution in [2.75, 3.05) is 18.1 Å². The Morgan fingerprint density at radius 1 is 0.750 bits per heavy atom. The molecule has 0 spiro atoms. The lowest BCUT2D eigenvalue weighted by atomic mass is 10.4. The molecule has 0 amide bonds. The minimum Gasteiger partial charge on any atom is -0.396 e. The third kappa shape index (κ3) is 11.3. The molecule has 1 N–H and O–H groups in total. The van der Waals surface area contributed by atoms with E-state index in [1.807, 2.05) is 48.2 Å². The summed E-state index contributed by atoms with van der Waals surface area (Å²) in [5.74, 6) is 2.13. The summed E-state index contributed by atoms with van der Waals surface area (Å²) in [4.78, 5) is 12.6. The molecule has 0 saturated heterocycles. The van der Waals surface area contributed by atoms with Crippen molar-refractivity contribution >= 4 is 29.8 Å². The first kappa shape index (κ1) is 20.8. The van der Waals surface area contributed by atoms with Gasteiger partial charge >= 0.3 is 0 Å². The third-order valence-electron chi connectivity index (χ3n) is 3.04. The van der Waals surface area contributed by atoms with E-state index in [9.17, 15) is 4.79 Å². The predicted molar refractivity (Wildman–Crippen MR) is 106 cm³/mol. The highest BCUT2D eigenvalue weighted by atomic mass is 32.2. The molecule has 0 heterocycles. The van der Waals surface area contributed by atoms with Crippen molar-refractivity contribution < 1.29 is 9.90 Å². The topological polar surface area (TPSA) is 37.3 Å². The van der Waals surface area contributed by atoms with Gasteiger partial charge in [0, 0.05) is 22.8 Å². The average molecular weight is 363 g/mol. The molecule has 0 aromatic heterocycles. The van der Waals surface area contributed by atoms with E-state index in [4.69, 9.17) is 5.11 Å². The zero-order valence-corrected chi connectivity index (χ0v) is 15.6. The maximum atomic E-state index is 10.0. The summed E-state index contributed by atoms with van der Waals surface area (Å²) in [6, 6.07) is 20.6. The summed E-state index contributed by atoms with van der Waals surface area (Å²) < 4.78 is 0. The largest absolute Gasteiger partial charge is 0.396 e. The van der Waals surface area contributed by atoms with Crippen molar-refractivity contribution in [2.24, 2.45) is 0 Å². The summed E-state index contributed by atoms with van der Waals surface area (Å²) in [7, 11) is 0. The van der Waals surface area contributed by atoms with E-state index in [1.54, 1.807) is 11.8 Å². The number of aldehydes is 1. The van der Waals surface area contributed by atoms with Crippen molar-refractivity contribution in [1.82, 2.24) is 0 Å². The Hall–Kier alpha value is -1.23. The molecule has 0 radical (unpaired) electrons. The van der Waals surface area contributed by atoms with Crippen LogP contribution in [-0.2, 0) is 4.79 Å². The van der Waals surface area contributed by atoms with Crippen LogP contribution in [0.5, 0.6) is 0 Å². The van der Waals surface area contributed by atoms with Crippen LogP contribution in [-0.4, -0.2) is 29.5 Å². The quantitative estimate of drug-likeness (QED) is 0.353. The second kappa shape index (κ2) is 15.3. The average Bonchev–Trinajstić information content (AvgIpc) is 2.65. The fourth-order valence-corrected chi connectivity index (χ4v) is 3.62. The maximum absolute atomic E-state index is 10.0. The molecular formula is C20H26O2S2. The summed E-state index contributed by atoms with van der Waals surface area (Å²) >= 11 is 3.65. The van der Waals surface area contributed by atoms with Gasteiger partial charge in [0.15, 0.2) is 0 Å². The van der Waals surface area contributed by atoms with Gasteiger partial charge in [0.25, 0.3) is 0 Å². The lowest BCUT2D eigenvalue weighted by Crippen LogP contribution is -1.84. The van der Waals surface area contributed by atoms with Crippen LogP contribution in [0.15, 0.2) is 70.5 Å². The van der Waals surface area contributed by atoms with Crippen molar-refractivity contribution in [1.29, 1.82) is 0 Å². The number of carbonyl (C=O) groups excluding carboxylic acids is 1. The molecule has 0 aliphatic heterocycles. The molecule has 2 aromatic rings. The zero-order chi connectivity index (χ0) is 17.3. The number of hydrogen-bond donors (Lipinski definition) is 1. The number of unbranched alkanes of at least 4 members (excludes halogenated alkanes) is 2. The molecule has 0 aliphatic carbocycles. The van der Waals surface area contributed by atoms with Crippen molar-refractivity contribution in [3.05, 3.63) is 60.7 Å². The second-order valence-corrected chi connectivity index (χ2v) is 7.40. The molecule has 0 bridgehead atoms. The van der Waals surface area contributed by atoms with Crippen LogP contribution in [0.4, 0.5) is 0 Å². The van der Waals surface area contributed by atoms with E-state index >= 15 is 0 Å². The normalized spacial score (nSPS) is 9.88. The van der Waals surface area contributed by atoms with Gasteiger partial charge in [0.05, 0.1) is 0 Å². The van der Waals surface area contributed by atoms with Crippen LogP contribution in [0.2, 0.25) is 0 Å². The minimum atomic E-state index is 0.315. The van der Waals surface area contributed by atoms with Crippen LogP contribution < -0.4 is 0 Å². The fraction of sp³-hybridized carbons (Fsp3) is 0.350. The first-order chi connectivity index (χ1) is 11.9. The fourth-order valence-electron chi connectivity index (χ4n) is 1.79. The molecular weight excluding hydrogens is 336 g/mol. The molecule has 24 heavy (non-hydrogen) atoms. The number of aliphatic hydroxyl groups excluding tert-OH is 1. The van der Waals surface area contributed by atoms with Gasteiger partial charge < -0.3 is 9.90 Å². The molecule has 130 valence electrons. The molecule has 4 heteroatoms. The SMILES string of the molecule is O=CCCCSc1ccccc1.OCCCCSc1ccccc1. The van der Waals surface area contributed by atoms with Crippen LogP contribution in [0.25, 0.3) is 0 Å². The van der Waals surface area contributed by atoms with Crippen molar-refractivity contribution in [3.63, 3.8) is 0 Å². The number of benzene rings is 2. The van der Waals surface area contributed by atoms with Gasteiger partial charge in [-0.05, 0) is 55.0 Å². The number of carbonyl (C=O) groups is 1. The van der Waals surface area contributed by atoms with Gasteiger partial charge in [-0.3, -0.25) is 0 Å². The summed E-state index contributed by atoms with van der Waals surface area (Å²) in [5, 5.41) is 8.55. The van der Waals surface area contributed by atoms with Crippen LogP contribution >= 0.6 is 23.5 Å². The Labute approximate surface area is 154 Å². The summed E-state index contributed by atoms with van der Waals surface area (Å²) in [6.07, 6.45) is 4.64. The van der Waals surface area contributed by atoms with Crippen molar-refractivity contribution in [2.45, 2.75) is 35.5 Å². The molecule has 2 rings (SSSR count). The van der Waals surface area contributed by atoms with Gasteiger partial charge in [-0.1, -0.05) is 36.4 Å². The van der Waals surface area contributed by atoms with Crippen LogP contribution in [0.1, 0.15) is 25.7 Å².